The molecule has 2 aromatic rings. The van der Waals surface area contributed by atoms with E-state index in [1.807, 2.05) is 37.4 Å². The highest BCUT2D eigenvalue weighted by molar-refractivity contribution is 5.98. The Morgan fingerprint density at radius 1 is 1.33 bits per heavy atom. The van der Waals surface area contributed by atoms with Gasteiger partial charge in [0.15, 0.2) is 0 Å². The highest BCUT2D eigenvalue weighted by Gasteiger charge is 2.44. The van der Waals surface area contributed by atoms with Crippen molar-refractivity contribution < 1.29 is 9.59 Å². The van der Waals surface area contributed by atoms with Crippen LogP contribution in [0.25, 0.3) is 10.9 Å². The Morgan fingerprint density at radius 3 is 3.00 bits per heavy atom. The van der Waals surface area contributed by atoms with E-state index in [0.29, 0.717) is 18.7 Å². The van der Waals surface area contributed by atoms with Crippen molar-refractivity contribution in [3.05, 3.63) is 47.8 Å². The van der Waals surface area contributed by atoms with Crippen LogP contribution in [0.5, 0.6) is 0 Å². The summed E-state index contributed by atoms with van der Waals surface area (Å²) in [6, 6.07) is 9.74. The number of nitrogens with one attached hydrogen (secondary N) is 2. The van der Waals surface area contributed by atoms with Crippen LogP contribution >= 0.6 is 0 Å². The molecular weight excluding hydrogens is 302 g/mol. The molecule has 1 aromatic heterocycles. The minimum Gasteiger partial charge on any atom is -0.351 e. The van der Waals surface area contributed by atoms with Gasteiger partial charge in [0.2, 0.25) is 5.91 Å². The van der Waals surface area contributed by atoms with Gasteiger partial charge < -0.3 is 15.2 Å². The zero-order valence-corrected chi connectivity index (χ0v) is 13.8. The molecule has 1 fully saturated rings. The van der Waals surface area contributed by atoms with Crippen LogP contribution in [0.2, 0.25) is 0 Å². The van der Waals surface area contributed by atoms with Crippen molar-refractivity contribution in [3.8, 4) is 0 Å². The Morgan fingerprint density at radius 2 is 2.17 bits per heavy atom. The molecule has 124 valence electrons. The maximum Gasteiger partial charge on any atom is 0.267 e. The summed E-state index contributed by atoms with van der Waals surface area (Å²) in [4.78, 5) is 29.4. The zero-order chi connectivity index (χ0) is 16.7. The predicted molar refractivity (Wildman–Crippen MR) is 92.4 cm³/mol. The molecule has 4 rings (SSSR count). The number of rotatable bonds is 3. The minimum atomic E-state index is -0.0929. The second-order valence-corrected chi connectivity index (χ2v) is 6.81. The Labute approximate surface area is 140 Å². The Bertz CT molecular complexity index is 818. The summed E-state index contributed by atoms with van der Waals surface area (Å²) < 4.78 is 0. The smallest absolute Gasteiger partial charge is 0.267 e. The number of para-hydroxylation sites is 1. The number of carbonyl (C=O) groups is 2. The van der Waals surface area contributed by atoms with Crippen LogP contribution in [-0.4, -0.2) is 35.3 Å². The van der Waals surface area contributed by atoms with Gasteiger partial charge in [0.25, 0.3) is 5.91 Å². The number of fused-ring (bicyclic) bond motifs is 2. The molecule has 0 radical (unpaired) electrons. The van der Waals surface area contributed by atoms with E-state index < -0.39 is 0 Å². The average Bonchev–Trinajstić information content (AvgIpc) is 3.21. The maximum atomic E-state index is 12.5. The highest BCUT2D eigenvalue weighted by atomic mass is 16.2. The summed E-state index contributed by atoms with van der Waals surface area (Å²) in [5.74, 6) is 0.0760. The third kappa shape index (κ3) is 2.31. The number of hydrogen-bond donors (Lipinski definition) is 2. The molecular formula is C19H21N3O2. The van der Waals surface area contributed by atoms with Crippen LogP contribution in [0.1, 0.15) is 36.2 Å². The number of benzene rings is 1. The van der Waals surface area contributed by atoms with Crippen molar-refractivity contribution in [2.75, 3.05) is 13.6 Å². The molecule has 24 heavy (non-hydrogen) atoms. The van der Waals surface area contributed by atoms with Gasteiger partial charge >= 0.3 is 0 Å². The first kappa shape index (κ1) is 15.0. The van der Waals surface area contributed by atoms with Gasteiger partial charge in [-0.2, -0.15) is 0 Å². The Hall–Kier alpha value is -2.56. The first-order chi connectivity index (χ1) is 11.6. The van der Waals surface area contributed by atoms with Gasteiger partial charge in [0, 0.05) is 42.0 Å². The Kier molecular flexibility index (Phi) is 3.44. The van der Waals surface area contributed by atoms with Gasteiger partial charge in [0.05, 0.1) is 0 Å². The lowest BCUT2D eigenvalue weighted by Gasteiger charge is -2.41. The third-order valence-corrected chi connectivity index (χ3v) is 5.42. The first-order valence-electron chi connectivity index (χ1n) is 8.42. The number of allylic oxidation sites excluding steroid dienone is 1. The van der Waals surface area contributed by atoms with E-state index >= 15 is 0 Å². The monoisotopic (exact) mass is 323 g/mol. The summed E-state index contributed by atoms with van der Waals surface area (Å²) in [5.41, 5.74) is 2.53. The lowest BCUT2D eigenvalue weighted by Crippen LogP contribution is -2.46. The molecule has 2 aliphatic rings. The van der Waals surface area contributed by atoms with E-state index in [9.17, 15) is 9.59 Å². The van der Waals surface area contributed by atoms with Crippen LogP contribution in [-0.2, 0) is 4.79 Å². The number of likely N-dealkylation sites (tertiary alicyclic amines) is 1. The number of hydrogen-bond acceptors (Lipinski definition) is 2. The van der Waals surface area contributed by atoms with Gasteiger partial charge in [-0.1, -0.05) is 24.3 Å². The van der Waals surface area contributed by atoms with E-state index in [1.54, 1.807) is 4.90 Å². The van der Waals surface area contributed by atoms with Gasteiger partial charge in [-0.25, -0.2) is 0 Å². The van der Waals surface area contributed by atoms with E-state index in [2.05, 4.69) is 16.4 Å². The number of H-pyrrole nitrogens is 1. The van der Waals surface area contributed by atoms with Crippen LogP contribution in [0, 0.1) is 5.41 Å². The lowest BCUT2D eigenvalue weighted by molar-refractivity contribution is -0.131. The van der Waals surface area contributed by atoms with Gasteiger partial charge in [0.1, 0.15) is 5.69 Å². The van der Waals surface area contributed by atoms with Crippen LogP contribution < -0.4 is 5.32 Å². The number of amides is 2. The molecule has 1 unspecified atom stereocenters. The van der Waals surface area contributed by atoms with Gasteiger partial charge in [-0.05, 0) is 31.4 Å². The second kappa shape index (κ2) is 5.51. The molecule has 1 saturated heterocycles. The fourth-order valence-corrected chi connectivity index (χ4v) is 4.03. The average molecular weight is 323 g/mol. The van der Waals surface area contributed by atoms with Crippen molar-refractivity contribution >= 4 is 22.7 Å². The molecule has 1 atom stereocenters. The maximum absolute atomic E-state index is 12.5. The second-order valence-electron chi connectivity index (χ2n) is 6.81. The highest BCUT2D eigenvalue weighted by Crippen LogP contribution is 2.46. The van der Waals surface area contributed by atoms with E-state index in [0.717, 1.165) is 35.9 Å². The molecule has 2 N–H and O–H groups in total. The third-order valence-electron chi connectivity index (χ3n) is 5.42. The largest absolute Gasteiger partial charge is 0.351 e. The summed E-state index contributed by atoms with van der Waals surface area (Å²) in [7, 11) is 1.84. The van der Waals surface area contributed by atoms with Crippen molar-refractivity contribution in [3.63, 3.8) is 0 Å². The molecule has 1 aromatic carbocycles. The van der Waals surface area contributed by atoms with E-state index in [4.69, 9.17) is 0 Å². The number of nitrogens with zero attached hydrogens (tertiary/aromatic N) is 1. The van der Waals surface area contributed by atoms with Crippen LogP contribution in [0.15, 0.2) is 42.1 Å². The minimum absolute atomic E-state index is 0.0913. The van der Waals surface area contributed by atoms with Crippen molar-refractivity contribution in [2.24, 2.45) is 5.41 Å². The molecule has 1 aliphatic heterocycles. The van der Waals surface area contributed by atoms with Crippen molar-refractivity contribution in [1.29, 1.82) is 0 Å². The van der Waals surface area contributed by atoms with Crippen molar-refractivity contribution in [2.45, 2.75) is 25.7 Å². The summed E-state index contributed by atoms with van der Waals surface area (Å²) in [6.07, 6.45) is 5.47. The zero-order valence-electron chi connectivity index (χ0n) is 13.8. The summed E-state index contributed by atoms with van der Waals surface area (Å²) in [6.45, 7) is 0.574. The van der Waals surface area contributed by atoms with Crippen molar-refractivity contribution in [1.82, 2.24) is 15.2 Å². The molecule has 0 spiro atoms. The topological polar surface area (TPSA) is 65.2 Å². The molecule has 0 bridgehead atoms. The standard InChI is InChI=1S/C19H21N3O2/c1-22-16-7-4-9-19(16,10-8-17(22)23)12-20-18(24)15-11-13-5-2-3-6-14(13)21-15/h2-3,5-7,11,21H,4,8-10,12H2,1H3,(H,20,24). The first-order valence-corrected chi connectivity index (χ1v) is 8.42. The van der Waals surface area contributed by atoms with Gasteiger partial charge in [-0.15, -0.1) is 0 Å². The molecule has 5 nitrogen and oxygen atoms in total. The molecule has 1 aliphatic carbocycles. The fourth-order valence-electron chi connectivity index (χ4n) is 4.03. The van der Waals surface area contributed by atoms with Gasteiger partial charge in [-0.3, -0.25) is 9.59 Å². The van der Waals surface area contributed by atoms with E-state index in [1.165, 1.54) is 0 Å². The number of piperidine rings is 1. The molecule has 2 amide bonds. The predicted octanol–water partition coefficient (Wildman–Crippen LogP) is 2.81. The fraction of sp³-hybridized carbons (Fsp3) is 0.368. The Balaban J connectivity index is 1.51. The number of carbonyl (C=O) groups excluding carboxylic acids is 2. The van der Waals surface area contributed by atoms with E-state index in [-0.39, 0.29) is 17.2 Å². The normalized spacial score (nSPS) is 23.3. The molecule has 0 saturated carbocycles. The SMILES string of the molecule is CN1C(=O)CCC2(CNC(=O)c3cc4ccccc4[nH]3)CCC=C12. The van der Waals surface area contributed by atoms with Crippen LogP contribution in [0.4, 0.5) is 0 Å². The summed E-state index contributed by atoms with van der Waals surface area (Å²) >= 11 is 0. The summed E-state index contributed by atoms with van der Waals surface area (Å²) in [5, 5.41) is 4.11. The molecule has 5 heteroatoms. The lowest BCUT2D eigenvalue weighted by atomic mass is 9.77. The number of aromatic nitrogens is 1. The quantitative estimate of drug-likeness (QED) is 0.912. The number of aromatic amines is 1. The molecule has 2 heterocycles. The van der Waals surface area contributed by atoms with Crippen LogP contribution in [0.3, 0.4) is 0 Å².